The maximum absolute atomic E-state index is 13.0. The van der Waals surface area contributed by atoms with E-state index in [9.17, 15) is 13.5 Å². The van der Waals surface area contributed by atoms with Crippen molar-refractivity contribution in [3.8, 4) is 23.0 Å². The molecule has 2 aliphatic rings. The van der Waals surface area contributed by atoms with Gasteiger partial charge in [-0.25, -0.2) is 5.01 Å². The fraction of sp³-hybridized carbons (Fsp3) is 0.391. The Kier molecular flexibility index (Phi) is 7.43. The van der Waals surface area contributed by atoms with E-state index in [4.69, 9.17) is 18.9 Å². The zero-order valence-electron chi connectivity index (χ0n) is 19.8. The first kappa shape index (κ1) is 24.8. The van der Waals surface area contributed by atoms with Gasteiger partial charge in [-0.1, -0.05) is 0 Å². The molecule has 0 spiro atoms. The van der Waals surface area contributed by atoms with Crippen LogP contribution in [-0.2, 0) is 14.8 Å². The van der Waals surface area contributed by atoms with E-state index in [1.165, 1.54) is 33.5 Å². The number of hydrogen-bond donors (Lipinski definition) is 1. The molecule has 35 heavy (non-hydrogen) atoms. The molecule has 0 unspecified atom stereocenters. The number of hydrogen-bond acceptors (Lipinski definition) is 10. The number of hydrazone groups is 1. The molecule has 2 aromatic rings. The Morgan fingerprint density at radius 3 is 2.54 bits per heavy atom. The van der Waals surface area contributed by atoms with Gasteiger partial charge in [0.15, 0.2) is 17.3 Å². The predicted molar refractivity (Wildman–Crippen MR) is 129 cm³/mol. The molecular weight excluding hydrogens is 476 g/mol. The van der Waals surface area contributed by atoms with Crippen LogP contribution in [0.4, 0.5) is 0 Å². The molecule has 0 radical (unpaired) electrons. The highest BCUT2D eigenvalue weighted by atomic mass is 32.2. The Bertz CT molecular complexity index is 1240. The molecule has 0 saturated carbocycles. The van der Waals surface area contributed by atoms with Crippen molar-refractivity contribution < 1.29 is 32.5 Å². The van der Waals surface area contributed by atoms with Crippen molar-refractivity contribution in [2.24, 2.45) is 9.50 Å². The van der Waals surface area contributed by atoms with E-state index >= 15 is 0 Å². The number of morpholine rings is 1. The van der Waals surface area contributed by atoms with Crippen LogP contribution < -0.4 is 14.2 Å². The van der Waals surface area contributed by atoms with Crippen LogP contribution in [0.5, 0.6) is 23.0 Å². The number of rotatable bonds is 8. The van der Waals surface area contributed by atoms with Gasteiger partial charge < -0.3 is 24.1 Å². The summed E-state index contributed by atoms with van der Waals surface area (Å²) in [6, 6.07) is 7.93. The van der Waals surface area contributed by atoms with Gasteiger partial charge in [-0.3, -0.25) is 4.90 Å². The lowest BCUT2D eigenvalue weighted by Crippen LogP contribution is -2.41. The smallest absolute Gasteiger partial charge is 0.288 e. The molecule has 2 aliphatic heterocycles. The minimum absolute atomic E-state index is 0.00759. The summed E-state index contributed by atoms with van der Waals surface area (Å²) in [5.74, 6) is 1.07. The van der Waals surface area contributed by atoms with Crippen LogP contribution in [0, 0.1) is 0 Å². The molecule has 0 atom stereocenters. The molecule has 188 valence electrons. The molecule has 0 aliphatic carbocycles. The molecule has 0 amide bonds. The zero-order chi connectivity index (χ0) is 25.0. The van der Waals surface area contributed by atoms with Gasteiger partial charge in [0.2, 0.25) is 0 Å². The van der Waals surface area contributed by atoms with E-state index in [2.05, 4.69) is 14.4 Å². The molecule has 1 fully saturated rings. The largest absolute Gasteiger partial charge is 0.504 e. The Hall–Kier alpha value is -3.35. The van der Waals surface area contributed by atoms with E-state index in [0.717, 1.165) is 13.1 Å². The summed E-state index contributed by atoms with van der Waals surface area (Å²) >= 11 is 0. The number of benzene rings is 2. The molecule has 12 heteroatoms. The third kappa shape index (κ3) is 5.34. The number of amidine groups is 1. The molecule has 1 saturated heterocycles. The molecule has 0 bridgehead atoms. The minimum atomic E-state index is -4.00. The molecule has 0 aromatic heterocycles. The van der Waals surface area contributed by atoms with Gasteiger partial charge in [0.05, 0.1) is 47.3 Å². The SMILES string of the molecule is COc1cc(OC)c2c(c1)C(N(CCN1CCOCC1)N=Cc1ccc(O)c(OC)c1)=NS2(=O)=O. The Labute approximate surface area is 204 Å². The van der Waals surface area contributed by atoms with Crippen molar-refractivity contribution in [2.75, 3.05) is 60.7 Å². The summed E-state index contributed by atoms with van der Waals surface area (Å²) in [5.41, 5.74) is 1.00. The molecule has 11 nitrogen and oxygen atoms in total. The van der Waals surface area contributed by atoms with Crippen molar-refractivity contribution in [2.45, 2.75) is 4.90 Å². The van der Waals surface area contributed by atoms with Gasteiger partial charge in [-0.2, -0.15) is 13.5 Å². The highest BCUT2D eigenvalue weighted by molar-refractivity contribution is 7.90. The van der Waals surface area contributed by atoms with Crippen molar-refractivity contribution in [1.29, 1.82) is 0 Å². The van der Waals surface area contributed by atoms with E-state index in [0.29, 0.717) is 48.9 Å². The monoisotopic (exact) mass is 504 g/mol. The van der Waals surface area contributed by atoms with E-state index in [1.807, 2.05) is 0 Å². The Morgan fingerprint density at radius 2 is 1.86 bits per heavy atom. The van der Waals surface area contributed by atoms with Gasteiger partial charge in [-0.15, -0.1) is 4.40 Å². The number of ether oxygens (including phenoxy) is 4. The topological polar surface area (TPSA) is 122 Å². The average molecular weight is 505 g/mol. The molecule has 2 heterocycles. The van der Waals surface area contributed by atoms with Crippen molar-refractivity contribution in [3.63, 3.8) is 0 Å². The van der Waals surface area contributed by atoms with Gasteiger partial charge in [-0.05, 0) is 29.8 Å². The van der Waals surface area contributed by atoms with Crippen LogP contribution in [0.1, 0.15) is 11.1 Å². The third-order valence-corrected chi connectivity index (χ3v) is 7.07. The average Bonchev–Trinajstić information content (AvgIpc) is 3.15. The minimum Gasteiger partial charge on any atom is -0.504 e. The van der Waals surface area contributed by atoms with Crippen LogP contribution in [0.3, 0.4) is 0 Å². The molecular formula is C23H28N4O7S. The fourth-order valence-corrected chi connectivity index (χ4v) is 5.20. The number of aromatic hydroxyl groups is 1. The molecule has 1 N–H and O–H groups in total. The third-order valence-electron chi connectivity index (χ3n) is 5.72. The standard InChI is InChI=1S/C23H28N4O7S/c1-31-17-13-18-22(21(14-17)33-3)35(29,30)25-23(18)27(7-6-26-8-10-34-11-9-26)24-15-16-4-5-19(28)20(12-16)32-2/h4-5,12-15,28H,6-11H2,1-3H3. The van der Waals surface area contributed by atoms with Crippen molar-refractivity contribution in [3.05, 3.63) is 41.5 Å². The lowest BCUT2D eigenvalue weighted by atomic mass is 10.1. The van der Waals surface area contributed by atoms with E-state index < -0.39 is 10.0 Å². The van der Waals surface area contributed by atoms with Crippen LogP contribution in [0.25, 0.3) is 0 Å². The lowest BCUT2D eigenvalue weighted by molar-refractivity contribution is 0.0360. The highest BCUT2D eigenvalue weighted by Crippen LogP contribution is 2.39. The summed E-state index contributed by atoms with van der Waals surface area (Å²) in [6.07, 6.45) is 1.56. The van der Waals surface area contributed by atoms with Gasteiger partial charge in [0.1, 0.15) is 16.4 Å². The molecule has 2 aromatic carbocycles. The second-order valence-electron chi connectivity index (χ2n) is 7.85. The first-order valence-electron chi connectivity index (χ1n) is 11.0. The summed E-state index contributed by atoms with van der Waals surface area (Å²) in [5, 5.41) is 16.0. The van der Waals surface area contributed by atoms with E-state index in [-0.39, 0.29) is 22.2 Å². The summed E-state index contributed by atoms with van der Waals surface area (Å²) < 4.78 is 51.3. The highest BCUT2D eigenvalue weighted by Gasteiger charge is 2.36. The fourth-order valence-electron chi connectivity index (χ4n) is 3.86. The van der Waals surface area contributed by atoms with Crippen LogP contribution in [0.2, 0.25) is 0 Å². The quantitative estimate of drug-likeness (QED) is 0.421. The predicted octanol–water partition coefficient (Wildman–Crippen LogP) is 1.54. The van der Waals surface area contributed by atoms with Crippen LogP contribution in [0.15, 0.2) is 44.7 Å². The number of nitrogens with zero attached hydrogens (tertiary/aromatic N) is 4. The van der Waals surface area contributed by atoms with Gasteiger partial charge in [0, 0.05) is 31.3 Å². The normalized spacial score (nSPS) is 17.2. The number of fused-ring (bicyclic) bond motifs is 1. The second-order valence-corrected chi connectivity index (χ2v) is 9.39. The number of phenols is 1. The van der Waals surface area contributed by atoms with Gasteiger partial charge in [0.25, 0.3) is 10.0 Å². The maximum Gasteiger partial charge on any atom is 0.288 e. The second kappa shape index (κ2) is 10.5. The van der Waals surface area contributed by atoms with E-state index in [1.54, 1.807) is 29.4 Å². The number of sulfonamides is 1. The Balaban J connectivity index is 1.72. The zero-order valence-corrected chi connectivity index (χ0v) is 20.6. The van der Waals surface area contributed by atoms with Crippen molar-refractivity contribution >= 4 is 22.1 Å². The van der Waals surface area contributed by atoms with Crippen molar-refractivity contribution in [1.82, 2.24) is 9.91 Å². The van der Waals surface area contributed by atoms with Crippen LogP contribution >= 0.6 is 0 Å². The Morgan fingerprint density at radius 1 is 1.11 bits per heavy atom. The summed E-state index contributed by atoms with van der Waals surface area (Å²) in [4.78, 5) is 2.20. The van der Waals surface area contributed by atoms with Gasteiger partial charge >= 0.3 is 0 Å². The first-order chi connectivity index (χ1) is 16.9. The first-order valence-corrected chi connectivity index (χ1v) is 12.4. The number of methoxy groups -OCH3 is 3. The number of phenolic OH excluding ortho intramolecular Hbond substituents is 1. The molecule has 4 rings (SSSR count). The lowest BCUT2D eigenvalue weighted by Gasteiger charge is -2.28. The maximum atomic E-state index is 13.0. The summed E-state index contributed by atoms with van der Waals surface area (Å²) in [7, 11) is 0.346. The van der Waals surface area contributed by atoms with Crippen LogP contribution in [-0.4, -0.2) is 96.2 Å². The summed E-state index contributed by atoms with van der Waals surface area (Å²) in [6.45, 7) is 3.83.